The maximum absolute atomic E-state index is 14.4. The summed E-state index contributed by atoms with van der Waals surface area (Å²) in [6.07, 6.45) is 0.0137. The number of ketones is 1. The number of hydrogen-bond acceptors (Lipinski definition) is 6. The predicted molar refractivity (Wildman–Crippen MR) is 99.5 cm³/mol. The number of fused-ring (bicyclic) bond motifs is 7. The molecule has 7 nitrogen and oxygen atoms in total. The summed E-state index contributed by atoms with van der Waals surface area (Å²) in [5.41, 5.74) is -0.00957. The molecule has 5 heterocycles. The van der Waals surface area contributed by atoms with Gasteiger partial charge in [-0.05, 0) is 18.6 Å². The van der Waals surface area contributed by atoms with E-state index in [1.54, 1.807) is 19.1 Å². The molecule has 4 aliphatic rings. The number of halogens is 2. The summed E-state index contributed by atoms with van der Waals surface area (Å²) in [6, 6.07) is 3.22. The number of pyridine rings is 2. The third kappa shape index (κ3) is 1.88. The minimum absolute atomic E-state index is 0.0865. The third-order valence-corrected chi connectivity index (χ3v) is 6.29. The highest BCUT2D eigenvalue weighted by Crippen LogP contribution is 2.44. The van der Waals surface area contributed by atoms with E-state index in [0.717, 1.165) is 0 Å². The lowest BCUT2D eigenvalue weighted by molar-refractivity contribution is -0.136. The summed E-state index contributed by atoms with van der Waals surface area (Å²) >= 11 is 0. The number of aliphatic hydroxyl groups is 1. The highest BCUT2D eigenvalue weighted by Gasteiger charge is 2.46. The Morgan fingerprint density at radius 1 is 1.20 bits per heavy atom. The van der Waals surface area contributed by atoms with Crippen LogP contribution in [0.2, 0.25) is 0 Å². The molecule has 1 aliphatic carbocycles. The van der Waals surface area contributed by atoms with Crippen molar-refractivity contribution in [3.8, 4) is 22.9 Å². The van der Waals surface area contributed by atoms with Crippen LogP contribution >= 0.6 is 0 Å². The molecule has 1 unspecified atom stereocenters. The Balaban J connectivity index is 1.66. The molecule has 0 spiro atoms. The van der Waals surface area contributed by atoms with E-state index >= 15 is 0 Å². The quantitative estimate of drug-likeness (QED) is 0.515. The van der Waals surface area contributed by atoms with E-state index in [1.807, 2.05) is 0 Å². The predicted octanol–water partition coefficient (Wildman–Crippen LogP) is 2.15. The Bertz CT molecular complexity index is 1400. The summed E-state index contributed by atoms with van der Waals surface area (Å²) in [4.78, 5) is 29.9. The fourth-order valence-electron chi connectivity index (χ4n) is 4.68. The molecule has 0 amide bonds. The lowest BCUT2D eigenvalue weighted by Crippen LogP contribution is -2.31. The van der Waals surface area contributed by atoms with Crippen LogP contribution in [0.25, 0.3) is 22.3 Å². The minimum Gasteiger partial charge on any atom is -0.454 e. The lowest BCUT2D eigenvalue weighted by atomic mass is 9.92. The molecule has 152 valence electrons. The van der Waals surface area contributed by atoms with E-state index < -0.39 is 23.0 Å². The zero-order valence-electron chi connectivity index (χ0n) is 15.7. The summed E-state index contributed by atoms with van der Waals surface area (Å²) in [5.74, 6) is -3.37. The second-order valence-corrected chi connectivity index (χ2v) is 7.71. The molecule has 0 radical (unpaired) electrons. The van der Waals surface area contributed by atoms with E-state index in [9.17, 15) is 23.5 Å². The number of Topliss-reactive ketones (excluding diaryl/α,β-unsaturated/α-hetero) is 1. The Morgan fingerprint density at radius 3 is 2.70 bits per heavy atom. The van der Waals surface area contributed by atoms with E-state index in [4.69, 9.17) is 9.47 Å². The average molecular weight is 412 g/mol. The molecular formula is C21H14F2N2O5. The van der Waals surface area contributed by atoms with E-state index in [-0.39, 0.29) is 65.3 Å². The van der Waals surface area contributed by atoms with Crippen LogP contribution in [0.15, 0.2) is 16.9 Å². The number of ether oxygens (including phenoxy) is 2. The van der Waals surface area contributed by atoms with Crippen molar-refractivity contribution in [2.45, 2.75) is 31.9 Å². The Labute approximate surface area is 167 Å². The van der Waals surface area contributed by atoms with Gasteiger partial charge in [0.05, 0.1) is 17.9 Å². The lowest BCUT2D eigenvalue weighted by Gasteiger charge is -2.20. The smallest absolute Gasteiger partial charge is 0.255 e. The number of nitrogens with zero attached hydrogens (tertiary/aromatic N) is 2. The van der Waals surface area contributed by atoms with Gasteiger partial charge in [-0.1, -0.05) is 6.92 Å². The minimum atomic E-state index is -1.71. The van der Waals surface area contributed by atoms with Gasteiger partial charge in [0.2, 0.25) is 18.4 Å². The van der Waals surface area contributed by atoms with Crippen molar-refractivity contribution in [3.63, 3.8) is 0 Å². The van der Waals surface area contributed by atoms with Crippen molar-refractivity contribution < 1.29 is 28.2 Å². The van der Waals surface area contributed by atoms with Crippen LogP contribution in [-0.4, -0.2) is 27.2 Å². The molecule has 0 saturated carbocycles. The first kappa shape index (κ1) is 17.5. The monoisotopic (exact) mass is 412 g/mol. The molecule has 1 aromatic carbocycles. The molecular weight excluding hydrogens is 398 g/mol. The summed E-state index contributed by atoms with van der Waals surface area (Å²) in [6.45, 7) is 1.49. The molecule has 30 heavy (non-hydrogen) atoms. The third-order valence-electron chi connectivity index (χ3n) is 6.29. The van der Waals surface area contributed by atoms with Crippen molar-refractivity contribution in [2.24, 2.45) is 0 Å². The van der Waals surface area contributed by atoms with Crippen molar-refractivity contribution >= 4 is 16.7 Å². The molecule has 9 heteroatoms. The number of benzene rings is 1. The van der Waals surface area contributed by atoms with Gasteiger partial charge in [-0.15, -0.1) is 0 Å². The highest BCUT2D eigenvalue weighted by molar-refractivity contribution is 5.96. The zero-order valence-corrected chi connectivity index (χ0v) is 15.7. The molecule has 2 bridgehead atoms. The molecule has 0 saturated heterocycles. The summed E-state index contributed by atoms with van der Waals surface area (Å²) < 4.78 is 40.5. The number of hydrogen-bond donors (Lipinski definition) is 1. The van der Waals surface area contributed by atoms with Gasteiger partial charge in [0.25, 0.3) is 5.56 Å². The van der Waals surface area contributed by atoms with Crippen LogP contribution in [0.1, 0.15) is 30.0 Å². The highest BCUT2D eigenvalue weighted by atomic mass is 19.2. The first-order valence-electron chi connectivity index (χ1n) is 9.48. The van der Waals surface area contributed by atoms with Crippen LogP contribution in [0, 0.1) is 11.6 Å². The molecule has 3 aromatic rings. The fraction of sp³-hybridized carbons (Fsp3) is 0.286. The topological polar surface area (TPSA) is 90.7 Å². The van der Waals surface area contributed by atoms with E-state index in [0.29, 0.717) is 17.0 Å². The summed E-state index contributed by atoms with van der Waals surface area (Å²) in [7, 11) is 0. The van der Waals surface area contributed by atoms with Gasteiger partial charge in [-0.2, -0.15) is 8.78 Å². The molecule has 2 aromatic heterocycles. The van der Waals surface area contributed by atoms with Crippen molar-refractivity contribution in [1.29, 1.82) is 0 Å². The Morgan fingerprint density at radius 2 is 1.93 bits per heavy atom. The second kappa shape index (κ2) is 5.42. The molecule has 1 atom stereocenters. The molecule has 0 fully saturated rings. The summed E-state index contributed by atoms with van der Waals surface area (Å²) in [5, 5.41) is 11.1. The van der Waals surface area contributed by atoms with Gasteiger partial charge in [0, 0.05) is 28.5 Å². The normalized spacial score (nSPS) is 20.6. The first-order chi connectivity index (χ1) is 14.3. The van der Waals surface area contributed by atoms with Gasteiger partial charge in [-0.25, -0.2) is 4.98 Å². The van der Waals surface area contributed by atoms with Gasteiger partial charge in [-0.3, -0.25) is 9.59 Å². The largest absolute Gasteiger partial charge is 0.454 e. The maximum atomic E-state index is 14.4. The van der Waals surface area contributed by atoms with Crippen molar-refractivity contribution in [2.75, 3.05) is 6.79 Å². The number of rotatable bonds is 1. The molecule has 3 aliphatic heterocycles. The Hall–Kier alpha value is -3.33. The van der Waals surface area contributed by atoms with Crippen LogP contribution in [-0.2, 0) is 23.4 Å². The van der Waals surface area contributed by atoms with Gasteiger partial charge >= 0.3 is 0 Å². The zero-order chi connectivity index (χ0) is 20.9. The number of carbonyl (C=O) groups is 1. The van der Waals surface area contributed by atoms with E-state index in [2.05, 4.69) is 4.98 Å². The van der Waals surface area contributed by atoms with Gasteiger partial charge in [0.1, 0.15) is 11.1 Å². The maximum Gasteiger partial charge on any atom is 0.255 e. The average Bonchev–Trinajstić information content (AvgIpc) is 3.08. The van der Waals surface area contributed by atoms with Crippen LogP contribution in [0.5, 0.6) is 11.5 Å². The number of carbonyl (C=O) groups excluding carboxylic acids is 1. The van der Waals surface area contributed by atoms with Gasteiger partial charge in [0.15, 0.2) is 17.3 Å². The standard InChI is InChI=1S/C21H14F2N2O5/c1-2-21(28)11-5-12-16-8(6-25(12)20(27)9(11)4-13(21)26)3-10-17(24-16)19-15(23)14(22)18(10)29-7-30-19/h3,5,28H,2,4,6-7H2,1H3. The first-order valence-corrected chi connectivity index (χ1v) is 9.48. The van der Waals surface area contributed by atoms with Crippen molar-refractivity contribution in [3.05, 3.63) is 50.8 Å². The van der Waals surface area contributed by atoms with Crippen LogP contribution < -0.4 is 15.0 Å². The molecule has 1 N–H and O–H groups in total. The second-order valence-electron chi connectivity index (χ2n) is 7.71. The fourth-order valence-corrected chi connectivity index (χ4v) is 4.68. The SMILES string of the molecule is CCC1(O)C(=O)Cc2c1cc1n(c2=O)Cc2cc3c4c(F)c(F)c(c3nc2-1)OCO4. The van der Waals surface area contributed by atoms with Crippen LogP contribution in [0.4, 0.5) is 8.78 Å². The Kier molecular flexibility index (Phi) is 3.17. The van der Waals surface area contributed by atoms with Crippen LogP contribution in [0.3, 0.4) is 0 Å². The van der Waals surface area contributed by atoms with Crippen molar-refractivity contribution in [1.82, 2.24) is 9.55 Å². The van der Waals surface area contributed by atoms with E-state index in [1.165, 1.54) is 4.57 Å². The van der Waals surface area contributed by atoms with Gasteiger partial charge < -0.3 is 19.1 Å². The molecule has 7 rings (SSSR count). The number of aromatic nitrogens is 2.